The highest BCUT2D eigenvalue weighted by molar-refractivity contribution is 5.99. The second-order valence-electron chi connectivity index (χ2n) is 9.12. The lowest BCUT2D eigenvalue weighted by molar-refractivity contribution is -0.132. The molecular formula is C24H26FN7O3. The maximum atomic E-state index is 14.2. The number of amides is 2. The van der Waals surface area contributed by atoms with Crippen LogP contribution < -0.4 is 10.6 Å². The molecule has 0 aromatic carbocycles. The summed E-state index contributed by atoms with van der Waals surface area (Å²) in [6.45, 7) is 4.78. The van der Waals surface area contributed by atoms with Crippen LogP contribution in [0.2, 0.25) is 0 Å². The molecule has 4 rings (SSSR count). The number of hydrogen-bond acceptors (Lipinski definition) is 7. The van der Waals surface area contributed by atoms with Crippen molar-refractivity contribution in [3.8, 4) is 11.9 Å². The molecule has 35 heavy (non-hydrogen) atoms. The van der Waals surface area contributed by atoms with Crippen molar-refractivity contribution in [1.29, 1.82) is 5.26 Å². The molecule has 0 spiro atoms. The van der Waals surface area contributed by atoms with Crippen molar-refractivity contribution in [3.05, 3.63) is 47.9 Å². The van der Waals surface area contributed by atoms with Gasteiger partial charge in [-0.3, -0.25) is 14.2 Å². The molecule has 182 valence electrons. The molecular weight excluding hydrogens is 453 g/mol. The highest BCUT2D eigenvalue weighted by atomic mass is 19.1. The van der Waals surface area contributed by atoms with Gasteiger partial charge in [-0.2, -0.15) is 5.26 Å². The second kappa shape index (κ2) is 9.31. The Hall–Kier alpha value is -4.04. The van der Waals surface area contributed by atoms with Crippen LogP contribution >= 0.6 is 0 Å². The summed E-state index contributed by atoms with van der Waals surface area (Å²) < 4.78 is 15.9. The van der Waals surface area contributed by atoms with Crippen LogP contribution in [0.5, 0.6) is 0 Å². The lowest BCUT2D eigenvalue weighted by Gasteiger charge is -2.39. The van der Waals surface area contributed by atoms with Gasteiger partial charge in [-0.25, -0.2) is 14.4 Å². The Morgan fingerprint density at radius 1 is 1.31 bits per heavy atom. The van der Waals surface area contributed by atoms with E-state index in [1.54, 1.807) is 27.8 Å². The third-order valence-corrected chi connectivity index (χ3v) is 5.93. The van der Waals surface area contributed by atoms with Gasteiger partial charge in [-0.15, -0.1) is 0 Å². The van der Waals surface area contributed by atoms with Gasteiger partial charge in [-0.05, 0) is 26.0 Å². The molecule has 11 heteroatoms. The van der Waals surface area contributed by atoms with Crippen LogP contribution in [0.25, 0.3) is 16.9 Å². The van der Waals surface area contributed by atoms with Crippen molar-refractivity contribution in [2.75, 3.05) is 25.0 Å². The molecule has 4 heterocycles. The van der Waals surface area contributed by atoms with E-state index in [9.17, 15) is 19.1 Å². The number of nitrogens with zero attached hydrogens (tertiary/aromatic N) is 5. The molecule has 1 unspecified atom stereocenters. The highest BCUT2D eigenvalue weighted by Crippen LogP contribution is 2.25. The van der Waals surface area contributed by atoms with E-state index < -0.39 is 17.7 Å². The van der Waals surface area contributed by atoms with Crippen LogP contribution in [-0.2, 0) is 4.79 Å². The number of anilines is 1. The molecule has 1 aliphatic heterocycles. The molecule has 2 amide bonds. The lowest BCUT2D eigenvalue weighted by atomic mass is 10.0. The van der Waals surface area contributed by atoms with E-state index in [2.05, 4.69) is 26.7 Å². The van der Waals surface area contributed by atoms with Crippen molar-refractivity contribution in [2.45, 2.75) is 38.6 Å². The molecule has 0 aliphatic carbocycles. The van der Waals surface area contributed by atoms with Crippen molar-refractivity contribution in [2.24, 2.45) is 0 Å². The minimum atomic E-state index is -1.65. The summed E-state index contributed by atoms with van der Waals surface area (Å²) in [6.07, 6.45) is 2.98. The largest absolute Gasteiger partial charge is 0.387 e. The Labute approximate surface area is 201 Å². The van der Waals surface area contributed by atoms with Crippen LogP contribution in [-0.4, -0.2) is 73.8 Å². The van der Waals surface area contributed by atoms with E-state index in [0.717, 1.165) is 5.39 Å². The fourth-order valence-corrected chi connectivity index (χ4v) is 3.72. The fraction of sp³-hybridized carbons (Fsp3) is 0.375. The zero-order chi connectivity index (χ0) is 25.3. The second-order valence-corrected chi connectivity index (χ2v) is 9.12. The Bertz CT molecular complexity index is 1320. The Balaban J connectivity index is 1.63. The molecule has 10 nitrogen and oxygen atoms in total. The summed E-state index contributed by atoms with van der Waals surface area (Å²) in [4.78, 5) is 34.9. The predicted molar refractivity (Wildman–Crippen MR) is 127 cm³/mol. The maximum Gasteiger partial charge on any atom is 0.255 e. The summed E-state index contributed by atoms with van der Waals surface area (Å²) >= 11 is 0. The third-order valence-electron chi connectivity index (χ3n) is 5.93. The Kier molecular flexibility index (Phi) is 6.41. The molecule has 1 atom stereocenters. The van der Waals surface area contributed by atoms with Crippen LogP contribution in [0.3, 0.4) is 0 Å². The van der Waals surface area contributed by atoms with Crippen LogP contribution in [0, 0.1) is 11.3 Å². The standard InChI is InChI=1S/C24H26FN7O3/c1-14(33)31-12-17(13-31)30-19-7-21(32-5-4-16-6-15(8-26)9-28-22(16)32)27-10-18(19)23(34)29-11-20(25)24(2,3)35/h4-7,9-10,17,20,35H,11-13H2,1-3H3,(H,27,30)(H,29,34). The van der Waals surface area contributed by atoms with Gasteiger partial charge in [0.25, 0.3) is 5.91 Å². The average molecular weight is 480 g/mol. The molecule has 1 aliphatic rings. The summed E-state index contributed by atoms with van der Waals surface area (Å²) in [7, 11) is 0. The van der Waals surface area contributed by atoms with Gasteiger partial charge in [0.05, 0.1) is 35.0 Å². The average Bonchev–Trinajstić information content (AvgIpc) is 3.21. The summed E-state index contributed by atoms with van der Waals surface area (Å²) in [5.74, 6) is -0.0899. The Morgan fingerprint density at radius 3 is 2.71 bits per heavy atom. The molecule has 3 aromatic rings. The highest BCUT2D eigenvalue weighted by Gasteiger charge is 2.30. The molecule has 0 bridgehead atoms. The number of halogens is 1. The topological polar surface area (TPSA) is 136 Å². The number of rotatable bonds is 7. The smallest absolute Gasteiger partial charge is 0.255 e. The number of likely N-dealkylation sites (tertiary alicyclic amines) is 1. The van der Waals surface area contributed by atoms with Crippen molar-refractivity contribution in [1.82, 2.24) is 24.8 Å². The van der Waals surface area contributed by atoms with E-state index in [0.29, 0.717) is 35.8 Å². The van der Waals surface area contributed by atoms with Gasteiger partial charge in [0.2, 0.25) is 5.91 Å². The van der Waals surface area contributed by atoms with Gasteiger partial charge in [0.1, 0.15) is 23.7 Å². The van der Waals surface area contributed by atoms with Crippen LogP contribution in [0.1, 0.15) is 36.7 Å². The van der Waals surface area contributed by atoms with Gasteiger partial charge >= 0.3 is 0 Å². The Morgan fingerprint density at radius 2 is 2.06 bits per heavy atom. The molecule has 0 radical (unpaired) electrons. The lowest BCUT2D eigenvalue weighted by Crippen LogP contribution is -2.56. The molecule has 0 saturated carbocycles. The van der Waals surface area contributed by atoms with Crippen LogP contribution in [0.15, 0.2) is 36.8 Å². The van der Waals surface area contributed by atoms with Crippen molar-refractivity contribution in [3.63, 3.8) is 0 Å². The number of nitrogens with one attached hydrogen (secondary N) is 2. The number of carbonyl (C=O) groups excluding carboxylic acids is 2. The number of pyridine rings is 2. The fourth-order valence-electron chi connectivity index (χ4n) is 3.72. The SMILES string of the molecule is CC(=O)N1CC(Nc2cc(-n3ccc4cc(C#N)cnc43)ncc2C(=O)NCC(F)C(C)(C)O)C1. The first-order valence-electron chi connectivity index (χ1n) is 11.1. The quantitative estimate of drug-likeness (QED) is 0.470. The van der Waals surface area contributed by atoms with Gasteiger partial charge < -0.3 is 20.6 Å². The summed E-state index contributed by atoms with van der Waals surface area (Å²) in [5, 5.41) is 25.5. The third kappa shape index (κ3) is 5.07. The monoisotopic (exact) mass is 479 g/mol. The zero-order valence-corrected chi connectivity index (χ0v) is 19.6. The summed E-state index contributed by atoms with van der Waals surface area (Å²) in [5.41, 5.74) is 0.113. The first-order chi connectivity index (χ1) is 16.6. The first-order valence-corrected chi connectivity index (χ1v) is 11.1. The summed E-state index contributed by atoms with van der Waals surface area (Å²) in [6, 6.07) is 7.22. The van der Waals surface area contributed by atoms with E-state index in [1.165, 1.54) is 33.2 Å². The number of hydrogen-bond donors (Lipinski definition) is 3. The number of aromatic nitrogens is 3. The van der Waals surface area contributed by atoms with Crippen LogP contribution in [0.4, 0.5) is 10.1 Å². The van der Waals surface area contributed by atoms with Crippen molar-refractivity contribution < 1.29 is 19.1 Å². The van der Waals surface area contributed by atoms with E-state index in [4.69, 9.17) is 5.26 Å². The number of carbonyl (C=O) groups is 2. The minimum Gasteiger partial charge on any atom is -0.387 e. The number of fused-ring (bicyclic) bond motifs is 1. The first kappa shape index (κ1) is 24.1. The van der Waals surface area contributed by atoms with E-state index in [-0.39, 0.29) is 24.1 Å². The van der Waals surface area contributed by atoms with Gasteiger partial charge in [-0.1, -0.05) is 0 Å². The van der Waals surface area contributed by atoms with E-state index in [1.807, 2.05) is 6.07 Å². The zero-order valence-electron chi connectivity index (χ0n) is 19.6. The van der Waals surface area contributed by atoms with Gasteiger partial charge in [0.15, 0.2) is 0 Å². The van der Waals surface area contributed by atoms with E-state index >= 15 is 0 Å². The molecule has 1 fully saturated rings. The van der Waals surface area contributed by atoms with Crippen molar-refractivity contribution >= 4 is 28.5 Å². The molecule has 1 saturated heterocycles. The number of nitriles is 1. The molecule has 3 N–H and O–H groups in total. The minimum absolute atomic E-state index is 0.0290. The normalized spacial score (nSPS) is 14.8. The number of aliphatic hydroxyl groups is 1. The predicted octanol–water partition coefficient (Wildman–Crippen LogP) is 1.77. The van der Waals surface area contributed by atoms with Gasteiger partial charge in [0, 0.05) is 50.1 Å². The number of alkyl halides is 1. The molecule has 3 aromatic heterocycles. The maximum absolute atomic E-state index is 14.2.